The van der Waals surface area contributed by atoms with Crippen LogP contribution >= 0.6 is 0 Å². The summed E-state index contributed by atoms with van der Waals surface area (Å²) in [4.78, 5) is 10.9. The van der Waals surface area contributed by atoms with Crippen LogP contribution in [-0.4, -0.2) is 22.8 Å². The number of furan rings is 1. The Morgan fingerprint density at radius 2 is 2.00 bits per heavy atom. The number of benzene rings is 1. The van der Waals surface area contributed by atoms with E-state index in [0.29, 0.717) is 11.5 Å². The predicted octanol–water partition coefficient (Wildman–Crippen LogP) is 3.38. The van der Waals surface area contributed by atoms with Gasteiger partial charge in [0.25, 0.3) is 0 Å². The van der Waals surface area contributed by atoms with Crippen molar-refractivity contribution in [2.45, 2.75) is 6.42 Å². The van der Waals surface area contributed by atoms with Gasteiger partial charge in [0, 0.05) is 0 Å². The zero-order valence-corrected chi connectivity index (χ0v) is 11.9. The second-order valence-electron chi connectivity index (χ2n) is 5.04. The number of urea groups is 1. The second-order valence-corrected chi connectivity index (χ2v) is 5.04. The standard InChI is InChI=1S/C17H16N2O3/c18-17(20)19(21)8-7-12-10-13(11-14-4-3-9-22-14)16-6-2-1-5-15(12)16/h1-6,9-11,21H,7-8H2,(H2,18,20)/b13-11+. The van der Waals surface area contributed by atoms with Crippen LogP contribution in [0.4, 0.5) is 4.79 Å². The highest BCUT2D eigenvalue weighted by atomic mass is 16.5. The van der Waals surface area contributed by atoms with E-state index in [0.717, 1.165) is 28.0 Å². The zero-order valence-electron chi connectivity index (χ0n) is 11.9. The quantitative estimate of drug-likeness (QED) is 0.670. The first-order chi connectivity index (χ1) is 10.6. The summed E-state index contributed by atoms with van der Waals surface area (Å²) in [5.74, 6) is 0.781. The fraction of sp³-hybridized carbons (Fsp3) is 0.118. The minimum absolute atomic E-state index is 0.156. The molecule has 5 heteroatoms. The average Bonchev–Trinajstić information content (AvgIpc) is 3.14. The van der Waals surface area contributed by atoms with Crippen molar-refractivity contribution in [1.82, 2.24) is 5.06 Å². The van der Waals surface area contributed by atoms with Crippen LogP contribution in [0.2, 0.25) is 0 Å². The van der Waals surface area contributed by atoms with Crippen LogP contribution in [0.3, 0.4) is 0 Å². The highest BCUT2D eigenvalue weighted by molar-refractivity contribution is 6.01. The number of hydroxylamine groups is 2. The lowest BCUT2D eigenvalue weighted by atomic mass is 10.0. The number of fused-ring (bicyclic) bond motifs is 1. The number of hydrogen-bond acceptors (Lipinski definition) is 3. The topological polar surface area (TPSA) is 79.7 Å². The second kappa shape index (κ2) is 5.91. The van der Waals surface area contributed by atoms with Gasteiger partial charge in [-0.2, -0.15) is 0 Å². The Bertz CT molecular complexity index is 745. The molecule has 1 aliphatic rings. The Hall–Kier alpha value is -2.79. The first kappa shape index (κ1) is 14.2. The van der Waals surface area contributed by atoms with Gasteiger partial charge in [-0.05, 0) is 46.9 Å². The number of nitrogens with zero attached hydrogens (tertiary/aromatic N) is 1. The summed E-state index contributed by atoms with van der Waals surface area (Å²) in [5, 5.41) is 9.94. The van der Waals surface area contributed by atoms with Gasteiger partial charge in [0.1, 0.15) is 5.76 Å². The number of carbonyl (C=O) groups is 1. The number of nitrogens with two attached hydrogens (primary N) is 1. The SMILES string of the molecule is NC(=O)N(O)CCC1=C/C(=C\c2ccco2)c2ccccc21. The Kier molecular flexibility index (Phi) is 3.80. The molecule has 1 heterocycles. The molecule has 112 valence electrons. The van der Waals surface area contributed by atoms with E-state index in [1.165, 1.54) is 0 Å². The number of primary amides is 1. The molecule has 0 unspecified atom stereocenters. The third-order valence-electron chi connectivity index (χ3n) is 3.60. The van der Waals surface area contributed by atoms with Crippen LogP contribution in [0.5, 0.6) is 0 Å². The van der Waals surface area contributed by atoms with Gasteiger partial charge in [0.2, 0.25) is 0 Å². The molecule has 0 fully saturated rings. The minimum Gasteiger partial charge on any atom is -0.465 e. The maximum atomic E-state index is 10.9. The molecule has 0 aliphatic heterocycles. The molecule has 2 aromatic rings. The lowest BCUT2D eigenvalue weighted by Crippen LogP contribution is -2.33. The van der Waals surface area contributed by atoms with E-state index in [-0.39, 0.29) is 6.54 Å². The Morgan fingerprint density at radius 3 is 2.68 bits per heavy atom. The molecule has 0 atom stereocenters. The van der Waals surface area contributed by atoms with Gasteiger partial charge in [-0.25, -0.2) is 9.86 Å². The van der Waals surface area contributed by atoms with Crippen molar-refractivity contribution in [3.05, 3.63) is 65.6 Å². The van der Waals surface area contributed by atoms with Crippen LogP contribution in [0, 0.1) is 0 Å². The summed E-state index contributed by atoms with van der Waals surface area (Å²) in [5.41, 5.74) is 9.33. The Labute approximate surface area is 127 Å². The van der Waals surface area contributed by atoms with Crippen LogP contribution in [0.15, 0.2) is 53.2 Å². The lowest BCUT2D eigenvalue weighted by Gasteiger charge is -2.12. The van der Waals surface area contributed by atoms with Gasteiger partial charge >= 0.3 is 6.03 Å². The van der Waals surface area contributed by atoms with E-state index >= 15 is 0 Å². The van der Waals surface area contributed by atoms with Crippen molar-refractivity contribution in [2.24, 2.45) is 5.73 Å². The van der Waals surface area contributed by atoms with Gasteiger partial charge in [-0.3, -0.25) is 5.21 Å². The van der Waals surface area contributed by atoms with Crippen molar-refractivity contribution < 1.29 is 14.4 Å². The fourth-order valence-corrected chi connectivity index (χ4v) is 2.55. The summed E-state index contributed by atoms with van der Waals surface area (Å²) in [6.45, 7) is 0.156. The van der Waals surface area contributed by atoms with Crippen molar-refractivity contribution in [3.63, 3.8) is 0 Å². The van der Waals surface area contributed by atoms with Crippen molar-refractivity contribution in [1.29, 1.82) is 0 Å². The summed E-state index contributed by atoms with van der Waals surface area (Å²) < 4.78 is 5.36. The van der Waals surface area contributed by atoms with Crippen molar-refractivity contribution in [2.75, 3.05) is 6.54 Å². The predicted molar refractivity (Wildman–Crippen MR) is 83.7 cm³/mol. The molecule has 0 spiro atoms. The van der Waals surface area contributed by atoms with E-state index in [1.807, 2.05) is 48.6 Å². The van der Waals surface area contributed by atoms with Crippen molar-refractivity contribution in [3.8, 4) is 0 Å². The smallest absolute Gasteiger partial charge is 0.338 e. The largest absolute Gasteiger partial charge is 0.465 e. The van der Waals surface area contributed by atoms with Crippen LogP contribution in [0.25, 0.3) is 17.2 Å². The van der Waals surface area contributed by atoms with Gasteiger partial charge < -0.3 is 10.2 Å². The van der Waals surface area contributed by atoms with Crippen molar-refractivity contribution >= 4 is 23.3 Å². The summed E-state index contributed by atoms with van der Waals surface area (Å²) in [7, 11) is 0. The molecule has 1 aromatic carbocycles. The van der Waals surface area contributed by atoms with Gasteiger partial charge in [0.05, 0.1) is 12.8 Å². The van der Waals surface area contributed by atoms with E-state index < -0.39 is 6.03 Å². The number of amides is 2. The summed E-state index contributed by atoms with van der Waals surface area (Å²) in [6.07, 6.45) is 6.17. The molecule has 3 N–H and O–H groups in total. The van der Waals surface area contributed by atoms with E-state index in [4.69, 9.17) is 10.2 Å². The third-order valence-corrected chi connectivity index (χ3v) is 3.60. The Balaban J connectivity index is 1.88. The van der Waals surface area contributed by atoms with Gasteiger partial charge in [-0.1, -0.05) is 30.3 Å². The number of carbonyl (C=O) groups excluding carboxylic acids is 1. The highest BCUT2D eigenvalue weighted by Gasteiger charge is 2.19. The molecule has 0 saturated heterocycles. The molecule has 0 bridgehead atoms. The molecular formula is C17H16N2O3. The van der Waals surface area contributed by atoms with Crippen LogP contribution < -0.4 is 5.73 Å². The fourth-order valence-electron chi connectivity index (χ4n) is 2.55. The molecule has 0 saturated carbocycles. The summed E-state index contributed by atoms with van der Waals surface area (Å²) in [6, 6.07) is 10.9. The maximum Gasteiger partial charge on any atom is 0.338 e. The summed E-state index contributed by atoms with van der Waals surface area (Å²) >= 11 is 0. The number of allylic oxidation sites excluding steroid dienone is 2. The number of hydrogen-bond donors (Lipinski definition) is 2. The third kappa shape index (κ3) is 2.80. The number of rotatable bonds is 4. The first-order valence-corrected chi connectivity index (χ1v) is 6.96. The van der Waals surface area contributed by atoms with Crippen LogP contribution in [-0.2, 0) is 0 Å². The Morgan fingerprint density at radius 1 is 1.23 bits per heavy atom. The highest BCUT2D eigenvalue weighted by Crippen LogP contribution is 2.37. The molecule has 5 nitrogen and oxygen atoms in total. The molecule has 22 heavy (non-hydrogen) atoms. The van der Waals surface area contributed by atoms with E-state index in [2.05, 4.69) is 0 Å². The molecule has 1 aliphatic carbocycles. The monoisotopic (exact) mass is 296 g/mol. The van der Waals surface area contributed by atoms with Gasteiger partial charge in [0.15, 0.2) is 0 Å². The molecule has 0 radical (unpaired) electrons. The molecular weight excluding hydrogens is 280 g/mol. The lowest BCUT2D eigenvalue weighted by molar-refractivity contribution is -0.0372. The van der Waals surface area contributed by atoms with Gasteiger partial charge in [-0.15, -0.1) is 0 Å². The molecule has 1 aromatic heterocycles. The van der Waals surface area contributed by atoms with E-state index in [1.54, 1.807) is 6.26 Å². The first-order valence-electron chi connectivity index (χ1n) is 6.96. The molecule has 3 rings (SSSR count). The normalized spacial score (nSPS) is 14.8. The van der Waals surface area contributed by atoms with E-state index in [9.17, 15) is 10.0 Å². The molecule has 2 amide bonds. The average molecular weight is 296 g/mol. The minimum atomic E-state index is -0.849. The maximum absolute atomic E-state index is 10.9. The zero-order chi connectivity index (χ0) is 15.5. The van der Waals surface area contributed by atoms with Crippen LogP contribution in [0.1, 0.15) is 23.3 Å².